The van der Waals surface area contributed by atoms with Gasteiger partial charge in [-0.05, 0) is 61.7 Å². The van der Waals surface area contributed by atoms with Gasteiger partial charge in [0, 0.05) is 22.4 Å². The van der Waals surface area contributed by atoms with E-state index in [0.29, 0.717) is 0 Å². The van der Waals surface area contributed by atoms with Crippen molar-refractivity contribution in [2.45, 2.75) is 19.3 Å². The zero-order chi connectivity index (χ0) is 22.2. The van der Waals surface area contributed by atoms with Gasteiger partial charge in [0.1, 0.15) is 0 Å². The summed E-state index contributed by atoms with van der Waals surface area (Å²) < 4.78 is 0. The maximum absolute atomic E-state index is 4.81. The van der Waals surface area contributed by atoms with Crippen molar-refractivity contribution in [3.8, 4) is 22.3 Å². The van der Waals surface area contributed by atoms with Crippen LogP contribution < -0.4 is 0 Å². The van der Waals surface area contributed by atoms with Crippen LogP contribution in [0.5, 0.6) is 0 Å². The van der Waals surface area contributed by atoms with Crippen LogP contribution in [0.1, 0.15) is 25.0 Å². The summed E-state index contributed by atoms with van der Waals surface area (Å²) in [6, 6.07) is 35.4. The molecule has 7 rings (SSSR count). The lowest BCUT2D eigenvalue weighted by Crippen LogP contribution is -2.16. The molecule has 0 aliphatic heterocycles. The lowest BCUT2D eigenvalue weighted by molar-refractivity contribution is 0.666. The highest BCUT2D eigenvalue weighted by Gasteiger charge is 2.38. The van der Waals surface area contributed by atoms with Crippen molar-refractivity contribution >= 4 is 32.4 Å². The number of fused-ring (bicyclic) bond motifs is 9. The summed E-state index contributed by atoms with van der Waals surface area (Å²) >= 11 is 0. The summed E-state index contributed by atoms with van der Waals surface area (Å²) in [6.07, 6.45) is 1.91. The number of benzene rings is 5. The Bertz CT molecular complexity index is 1730. The molecule has 0 unspecified atom stereocenters. The van der Waals surface area contributed by atoms with E-state index in [4.69, 9.17) is 4.98 Å². The topological polar surface area (TPSA) is 12.9 Å². The molecule has 156 valence electrons. The second-order valence-corrected chi connectivity index (χ2v) is 9.61. The zero-order valence-electron chi connectivity index (χ0n) is 18.8. The van der Waals surface area contributed by atoms with Crippen molar-refractivity contribution in [2.75, 3.05) is 0 Å². The molecular weight excluding hydrogens is 398 g/mol. The molecule has 33 heavy (non-hydrogen) atoms. The molecule has 0 N–H and O–H groups in total. The van der Waals surface area contributed by atoms with Crippen molar-refractivity contribution in [3.05, 3.63) is 114 Å². The van der Waals surface area contributed by atoms with Gasteiger partial charge in [0.05, 0.1) is 5.52 Å². The summed E-state index contributed by atoms with van der Waals surface area (Å²) in [5.41, 5.74) is 9.06. The summed E-state index contributed by atoms with van der Waals surface area (Å²) in [5, 5.41) is 6.37. The quantitative estimate of drug-likeness (QED) is 0.242. The maximum atomic E-state index is 4.81. The van der Waals surface area contributed by atoms with Gasteiger partial charge in [0.15, 0.2) is 0 Å². The van der Waals surface area contributed by atoms with Crippen molar-refractivity contribution < 1.29 is 0 Å². The minimum absolute atomic E-state index is 0.115. The average molecular weight is 422 g/mol. The highest BCUT2D eigenvalue weighted by atomic mass is 14.7. The predicted molar refractivity (Wildman–Crippen MR) is 140 cm³/mol. The number of hydrogen-bond acceptors (Lipinski definition) is 1. The lowest BCUT2D eigenvalue weighted by atomic mass is 9.79. The van der Waals surface area contributed by atoms with E-state index in [2.05, 4.69) is 111 Å². The summed E-state index contributed by atoms with van der Waals surface area (Å²) in [7, 11) is 0. The lowest BCUT2D eigenvalue weighted by Gasteiger charge is -2.24. The molecule has 1 aromatic heterocycles. The largest absolute Gasteiger partial charge is 0.256 e. The van der Waals surface area contributed by atoms with Crippen LogP contribution in [0.4, 0.5) is 0 Å². The Kier molecular flexibility index (Phi) is 3.67. The summed E-state index contributed by atoms with van der Waals surface area (Å²) in [4.78, 5) is 4.81. The van der Waals surface area contributed by atoms with E-state index in [9.17, 15) is 0 Å². The number of pyridine rings is 1. The van der Waals surface area contributed by atoms with Gasteiger partial charge in [0.2, 0.25) is 0 Å². The first-order valence-corrected chi connectivity index (χ1v) is 11.6. The molecule has 1 nitrogen and oxygen atoms in total. The van der Waals surface area contributed by atoms with Crippen LogP contribution in [-0.2, 0) is 5.41 Å². The second-order valence-electron chi connectivity index (χ2n) is 9.61. The normalized spacial score (nSPS) is 14.0. The Morgan fingerprint density at radius 3 is 2.21 bits per heavy atom. The van der Waals surface area contributed by atoms with Gasteiger partial charge in [-0.1, -0.05) is 98.8 Å². The zero-order valence-corrected chi connectivity index (χ0v) is 18.8. The third-order valence-electron chi connectivity index (χ3n) is 7.47. The highest BCUT2D eigenvalue weighted by molar-refractivity contribution is 6.17. The van der Waals surface area contributed by atoms with Crippen molar-refractivity contribution in [1.82, 2.24) is 4.98 Å². The summed E-state index contributed by atoms with van der Waals surface area (Å²) in [5.74, 6) is 0. The molecule has 0 spiro atoms. The molecule has 1 heteroatoms. The van der Waals surface area contributed by atoms with Crippen LogP contribution in [0.3, 0.4) is 0 Å². The molecule has 5 aromatic carbocycles. The van der Waals surface area contributed by atoms with Crippen molar-refractivity contribution in [2.24, 2.45) is 0 Å². The van der Waals surface area contributed by atoms with Gasteiger partial charge in [-0.3, -0.25) is 4.98 Å². The van der Waals surface area contributed by atoms with Crippen LogP contribution in [0.15, 0.2) is 103 Å². The molecule has 0 atom stereocenters. The Morgan fingerprint density at radius 2 is 1.33 bits per heavy atom. The van der Waals surface area contributed by atoms with E-state index in [1.807, 2.05) is 6.20 Å². The van der Waals surface area contributed by atoms with Crippen LogP contribution >= 0.6 is 0 Å². The minimum Gasteiger partial charge on any atom is -0.256 e. The fourth-order valence-electron chi connectivity index (χ4n) is 5.99. The van der Waals surface area contributed by atoms with E-state index < -0.39 is 0 Å². The monoisotopic (exact) mass is 421 g/mol. The molecule has 0 saturated carbocycles. The third-order valence-corrected chi connectivity index (χ3v) is 7.47. The molecule has 0 saturated heterocycles. The van der Waals surface area contributed by atoms with Crippen LogP contribution in [0.2, 0.25) is 0 Å². The Morgan fingerprint density at radius 1 is 0.606 bits per heavy atom. The van der Waals surface area contributed by atoms with Crippen LogP contribution in [0, 0.1) is 0 Å². The Hall–Kier alpha value is -3.97. The van der Waals surface area contributed by atoms with Gasteiger partial charge in [-0.2, -0.15) is 0 Å². The van der Waals surface area contributed by atoms with Gasteiger partial charge in [-0.15, -0.1) is 0 Å². The molecule has 0 fully saturated rings. The fraction of sp³-hybridized carbons (Fsp3) is 0.0938. The van der Waals surface area contributed by atoms with Crippen molar-refractivity contribution in [3.63, 3.8) is 0 Å². The number of hydrogen-bond donors (Lipinski definition) is 0. The molecule has 1 aliphatic carbocycles. The molecule has 0 radical (unpaired) electrons. The SMILES string of the molecule is CC1(C)c2cc(-c3cccc4ccccc34)ccc2-c2c1c1cccnc1c1ccccc21. The number of nitrogens with zero attached hydrogens (tertiary/aromatic N) is 1. The first-order chi connectivity index (χ1) is 16.1. The van der Waals surface area contributed by atoms with Gasteiger partial charge in [0.25, 0.3) is 0 Å². The number of rotatable bonds is 1. The third kappa shape index (κ3) is 2.45. The Balaban J connectivity index is 1.57. The Labute approximate surface area is 193 Å². The highest BCUT2D eigenvalue weighted by Crippen LogP contribution is 2.55. The predicted octanol–water partition coefficient (Wildman–Crippen LogP) is 8.51. The molecule has 1 aliphatic rings. The molecular formula is C32H23N. The van der Waals surface area contributed by atoms with E-state index >= 15 is 0 Å². The van der Waals surface area contributed by atoms with E-state index in [1.165, 1.54) is 60.3 Å². The smallest absolute Gasteiger partial charge is 0.0783 e. The molecule has 6 aromatic rings. The fourth-order valence-corrected chi connectivity index (χ4v) is 5.99. The van der Waals surface area contributed by atoms with Crippen LogP contribution in [0.25, 0.3) is 54.7 Å². The molecule has 1 heterocycles. The second kappa shape index (κ2) is 6.52. The van der Waals surface area contributed by atoms with Gasteiger partial charge < -0.3 is 0 Å². The van der Waals surface area contributed by atoms with E-state index in [0.717, 1.165) is 5.52 Å². The van der Waals surface area contributed by atoms with Crippen LogP contribution in [-0.4, -0.2) is 4.98 Å². The minimum atomic E-state index is -0.115. The number of aromatic nitrogens is 1. The van der Waals surface area contributed by atoms with E-state index in [1.54, 1.807) is 0 Å². The van der Waals surface area contributed by atoms with E-state index in [-0.39, 0.29) is 5.41 Å². The van der Waals surface area contributed by atoms with Crippen molar-refractivity contribution in [1.29, 1.82) is 0 Å². The standard InChI is InChI=1S/C32H23N/c1-32(2)28-19-21(23-14-7-10-20-9-3-4-11-22(20)23)16-17-26(28)29-24-12-5-6-13-25(24)31-27(30(29)32)15-8-18-33-31/h3-19H,1-2H3. The van der Waals surface area contributed by atoms with Gasteiger partial charge >= 0.3 is 0 Å². The maximum Gasteiger partial charge on any atom is 0.0783 e. The first kappa shape index (κ1) is 18.6. The summed E-state index contributed by atoms with van der Waals surface area (Å²) in [6.45, 7) is 4.73. The molecule has 0 amide bonds. The average Bonchev–Trinajstić information content (AvgIpc) is 3.11. The van der Waals surface area contributed by atoms with Gasteiger partial charge in [-0.25, -0.2) is 0 Å². The molecule has 0 bridgehead atoms. The first-order valence-electron chi connectivity index (χ1n) is 11.6.